The van der Waals surface area contributed by atoms with Crippen molar-refractivity contribution < 1.29 is 39.8 Å². The van der Waals surface area contributed by atoms with Crippen LogP contribution in [-0.4, -0.2) is 87.5 Å². The van der Waals surface area contributed by atoms with Gasteiger partial charge < -0.3 is 40.3 Å². The van der Waals surface area contributed by atoms with Crippen molar-refractivity contribution in [2.24, 2.45) is 0 Å². The molecule has 1 heterocycles. The van der Waals surface area contributed by atoms with Crippen molar-refractivity contribution in [3.63, 3.8) is 0 Å². The lowest BCUT2D eigenvalue weighted by Crippen LogP contribution is -2.60. The minimum Gasteiger partial charge on any atom is -0.394 e. The number of hydrogen-bond acceptors (Lipinski definition) is 8. The largest absolute Gasteiger partial charge is 0.394 e. The van der Waals surface area contributed by atoms with Gasteiger partial charge in [-0.25, -0.2) is 0 Å². The van der Waals surface area contributed by atoms with Gasteiger partial charge in [-0.2, -0.15) is 0 Å². The summed E-state index contributed by atoms with van der Waals surface area (Å²) in [6.45, 7) is 3.82. The van der Waals surface area contributed by atoms with Crippen molar-refractivity contribution in [2.45, 2.75) is 236 Å². The monoisotopic (exact) mass is 702 g/mol. The van der Waals surface area contributed by atoms with E-state index in [1.54, 1.807) is 0 Å². The molecule has 6 N–H and O–H groups in total. The molecule has 49 heavy (non-hydrogen) atoms. The van der Waals surface area contributed by atoms with Gasteiger partial charge in [0.1, 0.15) is 24.4 Å². The zero-order valence-corrected chi connectivity index (χ0v) is 31.7. The van der Waals surface area contributed by atoms with E-state index in [0.717, 1.165) is 38.5 Å². The van der Waals surface area contributed by atoms with Gasteiger partial charge in [-0.05, 0) is 12.8 Å². The Morgan fingerprint density at radius 3 is 1.45 bits per heavy atom. The summed E-state index contributed by atoms with van der Waals surface area (Å²) < 4.78 is 11.2. The van der Waals surface area contributed by atoms with Crippen LogP contribution in [0.1, 0.15) is 194 Å². The average Bonchev–Trinajstić information content (AvgIpc) is 3.10. The standard InChI is InChI=1S/C40H79NO8/c1-3-5-7-9-11-13-15-17-18-19-21-23-25-27-29-34(43)33(32-48-40-39(47)38(46)37(45)35(31-42)49-40)41-36(44)30-28-26-24-22-20-16-14-12-10-8-6-4-2/h33-35,37-40,42-43,45-47H,3-32H2,1-2H3,(H,41,44). The first-order valence-corrected chi connectivity index (χ1v) is 20.7. The second-order valence-electron chi connectivity index (χ2n) is 14.8. The van der Waals surface area contributed by atoms with E-state index in [1.165, 1.54) is 128 Å². The molecule has 7 atom stereocenters. The minimum atomic E-state index is -1.55. The first-order valence-electron chi connectivity index (χ1n) is 20.7. The fourth-order valence-corrected chi connectivity index (χ4v) is 6.81. The molecule has 0 aromatic rings. The number of amides is 1. The van der Waals surface area contributed by atoms with Crippen LogP contribution in [0.25, 0.3) is 0 Å². The Bertz CT molecular complexity index is 741. The number of aliphatic hydroxyl groups excluding tert-OH is 5. The third-order valence-electron chi connectivity index (χ3n) is 10.2. The maximum atomic E-state index is 12.9. The number of aliphatic hydroxyl groups is 5. The summed E-state index contributed by atoms with van der Waals surface area (Å²) in [5, 5.41) is 54.1. The summed E-state index contributed by atoms with van der Waals surface area (Å²) in [7, 11) is 0. The van der Waals surface area contributed by atoms with Crippen LogP contribution in [-0.2, 0) is 14.3 Å². The van der Waals surface area contributed by atoms with Gasteiger partial charge in [0.25, 0.3) is 0 Å². The van der Waals surface area contributed by atoms with Crippen LogP contribution in [0.5, 0.6) is 0 Å². The summed E-state index contributed by atoms with van der Waals surface area (Å²) in [6, 6.07) is -0.709. The fourth-order valence-electron chi connectivity index (χ4n) is 6.81. The predicted molar refractivity (Wildman–Crippen MR) is 198 cm³/mol. The second-order valence-corrected chi connectivity index (χ2v) is 14.8. The van der Waals surface area contributed by atoms with Crippen LogP contribution in [0.3, 0.4) is 0 Å². The van der Waals surface area contributed by atoms with Crippen molar-refractivity contribution in [1.82, 2.24) is 5.32 Å². The summed E-state index contributed by atoms with van der Waals surface area (Å²) in [4.78, 5) is 12.9. The lowest BCUT2D eigenvalue weighted by molar-refractivity contribution is -0.302. The highest BCUT2D eigenvalue weighted by molar-refractivity contribution is 5.76. The van der Waals surface area contributed by atoms with Gasteiger partial charge >= 0.3 is 0 Å². The topological polar surface area (TPSA) is 149 Å². The van der Waals surface area contributed by atoms with Crippen LogP contribution in [0.4, 0.5) is 0 Å². The lowest BCUT2D eigenvalue weighted by atomic mass is 9.99. The Morgan fingerprint density at radius 1 is 0.612 bits per heavy atom. The van der Waals surface area contributed by atoms with E-state index in [4.69, 9.17) is 9.47 Å². The Hall–Kier alpha value is -0.810. The molecule has 1 amide bonds. The zero-order valence-electron chi connectivity index (χ0n) is 31.7. The van der Waals surface area contributed by atoms with E-state index in [2.05, 4.69) is 19.2 Å². The molecular weight excluding hydrogens is 622 g/mol. The van der Waals surface area contributed by atoms with Crippen LogP contribution >= 0.6 is 0 Å². The van der Waals surface area contributed by atoms with Crippen LogP contribution in [0.15, 0.2) is 0 Å². The van der Waals surface area contributed by atoms with Crippen LogP contribution in [0, 0.1) is 0 Å². The van der Waals surface area contributed by atoms with E-state index in [1.807, 2.05) is 0 Å². The first-order chi connectivity index (χ1) is 23.8. The van der Waals surface area contributed by atoms with Crippen molar-refractivity contribution in [3.05, 3.63) is 0 Å². The number of hydrogen-bond donors (Lipinski definition) is 6. The van der Waals surface area contributed by atoms with E-state index < -0.39 is 49.5 Å². The van der Waals surface area contributed by atoms with Crippen molar-refractivity contribution >= 4 is 5.91 Å². The zero-order chi connectivity index (χ0) is 36.0. The molecule has 0 bridgehead atoms. The third kappa shape index (κ3) is 23.4. The smallest absolute Gasteiger partial charge is 0.220 e. The molecule has 9 nitrogen and oxygen atoms in total. The molecule has 292 valence electrons. The van der Waals surface area contributed by atoms with Crippen molar-refractivity contribution in [3.8, 4) is 0 Å². The highest BCUT2D eigenvalue weighted by Gasteiger charge is 2.44. The van der Waals surface area contributed by atoms with E-state index >= 15 is 0 Å². The number of carbonyl (C=O) groups excluding carboxylic acids is 1. The maximum absolute atomic E-state index is 12.9. The molecule has 1 saturated heterocycles. The normalized spacial score (nSPS) is 22.3. The Morgan fingerprint density at radius 2 is 1.02 bits per heavy atom. The van der Waals surface area contributed by atoms with Gasteiger partial charge in [-0.3, -0.25) is 4.79 Å². The van der Waals surface area contributed by atoms with Gasteiger partial charge in [-0.15, -0.1) is 0 Å². The molecule has 9 heteroatoms. The van der Waals surface area contributed by atoms with E-state index in [-0.39, 0.29) is 12.5 Å². The summed E-state index contributed by atoms with van der Waals surface area (Å²) >= 11 is 0. The molecule has 0 aromatic heterocycles. The number of nitrogens with one attached hydrogen (secondary N) is 1. The SMILES string of the molecule is CCCCCCCCCCCCCCCCC(O)C(COC1OC(CO)C(O)C(O)C1O)NC(=O)CCCCCCCCCCCCCC. The molecule has 0 radical (unpaired) electrons. The van der Waals surface area contributed by atoms with Crippen molar-refractivity contribution in [1.29, 1.82) is 0 Å². The van der Waals surface area contributed by atoms with Crippen LogP contribution < -0.4 is 5.32 Å². The molecule has 1 rings (SSSR count). The molecule has 0 spiro atoms. The Kier molecular flexibility index (Phi) is 30.1. The summed E-state index contributed by atoms with van der Waals surface area (Å²) in [5.74, 6) is -0.144. The van der Waals surface area contributed by atoms with Crippen LogP contribution in [0.2, 0.25) is 0 Å². The predicted octanol–water partition coefficient (Wildman–Crippen LogP) is 7.61. The maximum Gasteiger partial charge on any atom is 0.220 e. The highest BCUT2D eigenvalue weighted by Crippen LogP contribution is 2.23. The summed E-state index contributed by atoms with van der Waals surface area (Å²) in [5.41, 5.74) is 0. The second kappa shape index (κ2) is 31.9. The molecule has 0 saturated carbocycles. The lowest BCUT2D eigenvalue weighted by Gasteiger charge is -2.40. The fraction of sp³-hybridized carbons (Fsp3) is 0.975. The number of ether oxygens (including phenoxy) is 2. The van der Waals surface area contributed by atoms with E-state index in [0.29, 0.717) is 12.8 Å². The number of carbonyl (C=O) groups is 1. The molecule has 1 fully saturated rings. The quantitative estimate of drug-likeness (QED) is 0.0376. The molecular formula is C40H79NO8. The summed E-state index contributed by atoms with van der Waals surface area (Å²) in [6.07, 6.45) is 25.3. The molecule has 0 aromatic carbocycles. The van der Waals surface area contributed by atoms with Gasteiger partial charge in [0, 0.05) is 6.42 Å². The van der Waals surface area contributed by atoms with Gasteiger partial charge in [-0.1, -0.05) is 174 Å². The average molecular weight is 702 g/mol. The molecule has 1 aliphatic heterocycles. The van der Waals surface area contributed by atoms with Gasteiger partial charge in [0.2, 0.25) is 5.91 Å². The third-order valence-corrected chi connectivity index (χ3v) is 10.2. The van der Waals surface area contributed by atoms with Gasteiger partial charge in [0.05, 0.1) is 25.4 Å². The molecule has 0 aliphatic carbocycles. The number of rotatable bonds is 34. The van der Waals surface area contributed by atoms with Crippen molar-refractivity contribution in [2.75, 3.05) is 13.2 Å². The Labute approximate surface area is 300 Å². The van der Waals surface area contributed by atoms with Gasteiger partial charge in [0.15, 0.2) is 6.29 Å². The molecule has 7 unspecified atom stereocenters. The first kappa shape index (κ1) is 46.2. The highest BCUT2D eigenvalue weighted by atomic mass is 16.7. The number of unbranched alkanes of at least 4 members (excludes halogenated alkanes) is 24. The molecule has 1 aliphatic rings. The van der Waals surface area contributed by atoms with E-state index in [9.17, 15) is 30.3 Å². The minimum absolute atomic E-state index is 0.132. The Balaban J connectivity index is 2.38.